The second kappa shape index (κ2) is 4.01. The molecule has 1 aliphatic heterocycles. The normalized spacial score (nSPS) is 20.7. The smallest absolute Gasteiger partial charge is 0.133 e. The Labute approximate surface area is 87.4 Å². The first-order valence-corrected chi connectivity index (χ1v) is 4.97. The summed E-state index contributed by atoms with van der Waals surface area (Å²) in [6, 6.07) is 3.61. The van der Waals surface area contributed by atoms with Crippen molar-refractivity contribution in [1.29, 1.82) is 0 Å². The van der Waals surface area contributed by atoms with E-state index in [1.165, 1.54) is 12.1 Å². The van der Waals surface area contributed by atoms with E-state index < -0.39 is 11.6 Å². The fourth-order valence-electron chi connectivity index (χ4n) is 1.63. The summed E-state index contributed by atoms with van der Waals surface area (Å²) in [4.78, 5) is 0. The molecule has 0 spiro atoms. The van der Waals surface area contributed by atoms with Gasteiger partial charge in [0.25, 0.3) is 0 Å². The van der Waals surface area contributed by atoms with E-state index in [-0.39, 0.29) is 6.10 Å². The van der Waals surface area contributed by atoms with Crippen LogP contribution in [0.2, 0.25) is 0 Å². The highest BCUT2D eigenvalue weighted by molar-refractivity contribution is 5.65. The lowest BCUT2D eigenvalue weighted by Gasteiger charge is -2.20. The molecule has 3 heteroatoms. The minimum Gasteiger partial charge on any atom is -0.498 e. The molecule has 0 amide bonds. The van der Waals surface area contributed by atoms with Crippen molar-refractivity contribution in [2.75, 3.05) is 0 Å². The highest BCUT2D eigenvalue weighted by Crippen LogP contribution is 2.28. The van der Waals surface area contributed by atoms with Gasteiger partial charge in [-0.1, -0.05) is 0 Å². The molecule has 0 fully saturated rings. The molecule has 1 nitrogen and oxygen atoms in total. The van der Waals surface area contributed by atoms with Gasteiger partial charge in [0.05, 0.1) is 12.4 Å². The van der Waals surface area contributed by atoms with Crippen molar-refractivity contribution < 1.29 is 13.5 Å². The predicted octanol–water partition coefficient (Wildman–Crippen LogP) is 3.50. The number of ether oxygens (including phenoxy) is 1. The van der Waals surface area contributed by atoms with Crippen LogP contribution >= 0.6 is 0 Å². The quantitative estimate of drug-likeness (QED) is 0.689. The number of hydrogen-bond acceptors (Lipinski definition) is 1. The first-order chi connectivity index (χ1) is 7.16. The Balaban J connectivity index is 2.30. The van der Waals surface area contributed by atoms with E-state index in [9.17, 15) is 8.78 Å². The standard InChI is InChI=1S/C12H12F2O/c1-8-2-3-9(7-15-8)11-5-4-10(13)6-12(11)14/h4-8H,2-3H2,1H3. The van der Waals surface area contributed by atoms with Gasteiger partial charge in [-0.05, 0) is 37.5 Å². The van der Waals surface area contributed by atoms with Crippen LogP contribution in [0, 0.1) is 11.6 Å². The van der Waals surface area contributed by atoms with E-state index in [1.807, 2.05) is 6.92 Å². The van der Waals surface area contributed by atoms with Gasteiger partial charge in [0.1, 0.15) is 11.6 Å². The van der Waals surface area contributed by atoms with Gasteiger partial charge >= 0.3 is 0 Å². The van der Waals surface area contributed by atoms with Crippen LogP contribution in [-0.2, 0) is 4.74 Å². The molecular formula is C12H12F2O. The van der Waals surface area contributed by atoms with E-state index in [0.717, 1.165) is 24.5 Å². The zero-order valence-electron chi connectivity index (χ0n) is 8.47. The minimum atomic E-state index is -0.554. The predicted molar refractivity (Wildman–Crippen MR) is 54.1 cm³/mol. The summed E-state index contributed by atoms with van der Waals surface area (Å²) in [7, 11) is 0. The number of halogens is 2. The van der Waals surface area contributed by atoms with E-state index in [1.54, 1.807) is 6.26 Å². The SMILES string of the molecule is CC1CCC(c2ccc(F)cc2F)=CO1. The molecule has 0 bridgehead atoms. The van der Waals surface area contributed by atoms with Crippen LogP contribution in [0.15, 0.2) is 24.5 Å². The fraction of sp³-hybridized carbons (Fsp3) is 0.333. The van der Waals surface area contributed by atoms with Gasteiger partial charge < -0.3 is 4.74 Å². The van der Waals surface area contributed by atoms with Gasteiger partial charge in [-0.3, -0.25) is 0 Å². The second-order valence-electron chi connectivity index (χ2n) is 3.75. The number of hydrogen-bond donors (Lipinski definition) is 0. The Morgan fingerprint density at radius 3 is 2.73 bits per heavy atom. The van der Waals surface area contributed by atoms with Gasteiger partial charge in [0.15, 0.2) is 0 Å². The molecule has 1 aliphatic rings. The van der Waals surface area contributed by atoms with Crippen molar-refractivity contribution in [1.82, 2.24) is 0 Å². The fourth-order valence-corrected chi connectivity index (χ4v) is 1.63. The van der Waals surface area contributed by atoms with Crippen molar-refractivity contribution in [3.8, 4) is 0 Å². The van der Waals surface area contributed by atoms with Crippen LogP contribution in [0.4, 0.5) is 8.78 Å². The molecule has 0 saturated carbocycles. The minimum absolute atomic E-state index is 0.178. The van der Waals surface area contributed by atoms with Crippen molar-refractivity contribution in [3.05, 3.63) is 41.7 Å². The number of allylic oxidation sites excluding steroid dienone is 1. The van der Waals surface area contributed by atoms with E-state index in [0.29, 0.717) is 5.56 Å². The van der Waals surface area contributed by atoms with E-state index in [4.69, 9.17) is 4.74 Å². The van der Waals surface area contributed by atoms with Crippen molar-refractivity contribution >= 4 is 5.57 Å². The zero-order chi connectivity index (χ0) is 10.8. The summed E-state index contributed by atoms with van der Waals surface area (Å²) >= 11 is 0. The molecule has 0 aliphatic carbocycles. The average Bonchev–Trinajstić information content (AvgIpc) is 2.20. The molecule has 1 atom stereocenters. The highest BCUT2D eigenvalue weighted by Gasteiger charge is 2.15. The highest BCUT2D eigenvalue weighted by atomic mass is 19.1. The Morgan fingerprint density at radius 2 is 2.13 bits per heavy atom. The third kappa shape index (κ3) is 2.17. The van der Waals surface area contributed by atoms with Crippen LogP contribution < -0.4 is 0 Å². The van der Waals surface area contributed by atoms with Crippen LogP contribution in [0.1, 0.15) is 25.3 Å². The van der Waals surface area contributed by atoms with Crippen molar-refractivity contribution in [3.63, 3.8) is 0 Å². The van der Waals surface area contributed by atoms with E-state index in [2.05, 4.69) is 0 Å². The van der Waals surface area contributed by atoms with Crippen LogP contribution in [0.3, 0.4) is 0 Å². The molecule has 80 valence electrons. The maximum absolute atomic E-state index is 13.4. The molecule has 1 aromatic rings. The molecule has 15 heavy (non-hydrogen) atoms. The summed E-state index contributed by atoms with van der Waals surface area (Å²) in [5, 5.41) is 0. The summed E-state index contributed by atoms with van der Waals surface area (Å²) in [6.07, 6.45) is 3.38. The molecular weight excluding hydrogens is 198 g/mol. The summed E-state index contributed by atoms with van der Waals surface area (Å²) < 4.78 is 31.4. The molecule has 0 saturated heterocycles. The van der Waals surface area contributed by atoms with Crippen LogP contribution in [-0.4, -0.2) is 6.10 Å². The van der Waals surface area contributed by atoms with Crippen molar-refractivity contribution in [2.45, 2.75) is 25.9 Å². The molecule has 0 aromatic heterocycles. The molecule has 2 rings (SSSR count). The largest absolute Gasteiger partial charge is 0.498 e. The van der Waals surface area contributed by atoms with Crippen molar-refractivity contribution in [2.24, 2.45) is 0 Å². The first-order valence-electron chi connectivity index (χ1n) is 4.97. The van der Waals surface area contributed by atoms with E-state index >= 15 is 0 Å². The summed E-state index contributed by atoms with van der Waals surface area (Å²) in [5.74, 6) is -1.08. The topological polar surface area (TPSA) is 9.23 Å². The molecule has 0 radical (unpaired) electrons. The monoisotopic (exact) mass is 210 g/mol. The molecule has 1 heterocycles. The third-order valence-corrected chi connectivity index (χ3v) is 2.54. The summed E-state index contributed by atoms with van der Waals surface area (Å²) in [6.45, 7) is 1.97. The number of benzene rings is 1. The second-order valence-corrected chi connectivity index (χ2v) is 3.75. The Hall–Kier alpha value is -1.38. The maximum atomic E-state index is 13.4. The van der Waals surface area contributed by atoms with Crippen LogP contribution in [0.5, 0.6) is 0 Å². The summed E-state index contributed by atoms with van der Waals surface area (Å²) in [5.41, 5.74) is 1.23. The Morgan fingerprint density at radius 1 is 1.33 bits per heavy atom. The lowest BCUT2D eigenvalue weighted by Crippen LogP contribution is -2.10. The zero-order valence-corrected chi connectivity index (χ0v) is 8.47. The van der Waals surface area contributed by atoms with Crippen LogP contribution in [0.25, 0.3) is 5.57 Å². The maximum Gasteiger partial charge on any atom is 0.133 e. The molecule has 1 aromatic carbocycles. The molecule has 1 unspecified atom stereocenters. The Bertz CT molecular complexity index is 399. The van der Waals surface area contributed by atoms with Gasteiger partial charge in [-0.15, -0.1) is 0 Å². The third-order valence-electron chi connectivity index (χ3n) is 2.54. The Kier molecular flexibility index (Phi) is 2.71. The molecule has 0 N–H and O–H groups in total. The first kappa shape index (κ1) is 10.1. The van der Waals surface area contributed by atoms with Gasteiger partial charge in [0.2, 0.25) is 0 Å². The van der Waals surface area contributed by atoms with Gasteiger partial charge in [0, 0.05) is 11.6 Å². The number of rotatable bonds is 1. The lowest BCUT2D eigenvalue weighted by atomic mass is 9.99. The van der Waals surface area contributed by atoms with Gasteiger partial charge in [-0.2, -0.15) is 0 Å². The lowest BCUT2D eigenvalue weighted by molar-refractivity contribution is 0.144. The average molecular weight is 210 g/mol. The van der Waals surface area contributed by atoms with Gasteiger partial charge in [-0.25, -0.2) is 8.78 Å².